The van der Waals surface area contributed by atoms with E-state index >= 15 is 0 Å². The topological polar surface area (TPSA) is 104 Å². The molecule has 7 nitrogen and oxygen atoms in total. The van der Waals surface area contributed by atoms with Crippen molar-refractivity contribution in [3.05, 3.63) is 29.3 Å². The zero-order valence-electron chi connectivity index (χ0n) is 12.5. The molecule has 3 N–H and O–H groups in total. The summed E-state index contributed by atoms with van der Waals surface area (Å²) in [6, 6.07) is 4.34. The van der Waals surface area contributed by atoms with Crippen molar-refractivity contribution in [2.24, 2.45) is 5.14 Å². The summed E-state index contributed by atoms with van der Waals surface area (Å²) in [6.07, 6.45) is 0. The number of aliphatic hydroxyl groups excluding tert-OH is 1. The fraction of sp³-hybridized carbons (Fsp3) is 0.500. The molecular formula is C14H21N3O4S. The molecule has 0 unspecified atom stereocenters. The van der Waals surface area contributed by atoms with E-state index in [1.165, 1.54) is 12.1 Å². The van der Waals surface area contributed by atoms with Crippen molar-refractivity contribution in [2.75, 3.05) is 39.3 Å². The molecule has 1 aromatic rings. The van der Waals surface area contributed by atoms with E-state index in [4.69, 9.17) is 10.2 Å². The molecule has 0 saturated carbocycles. The number of nitrogens with two attached hydrogens (primary N) is 1. The molecule has 0 radical (unpaired) electrons. The first-order chi connectivity index (χ1) is 10.3. The van der Waals surface area contributed by atoms with Crippen molar-refractivity contribution in [1.29, 1.82) is 0 Å². The summed E-state index contributed by atoms with van der Waals surface area (Å²) in [7, 11) is -3.83. The highest BCUT2D eigenvalue weighted by molar-refractivity contribution is 7.89. The summed E-state index contributed by atoms with van der Waals surface area (Å²) in [5, 5.41) is 14.0. The molecule has 1 aliphatic rings. The minimum Gasteiger partial charge on any atom is -0.395 e. The summed E-state index contributed by atoms with van der Waals surface area (Å²) < 4.78 is 22.9. The maximum atomic E-state index is 12.6. The van der Waals surface area contributed by atoms with Gasteiger partial charge in [0.1, 0.15) is 0 Å². The lowest BCUT2D eigenvalue weighted by Crippen LogP contribution is -2.49. The van der Waals surface area contributed by atoms with Crippen LogP contribution in [0.5, 0.6) is 0 Å². The highest BCUT2D eigenvalue weighted by Gasteiger charge is 2.24. The number of benzene rings is 1. The first-order valence-corrected chi connectivity index (χ1v) is 8.63. The van der Waals surface area contributed by atoms with E-state index in [0.717, 1.165) is 5.56 Å². The molecule has 1 aromatic carbocycles. The highest BCUT2D eigenvalue weighted by Crippen LogP contribution is 2.17. The van der Waals surface area contributed by atoms with Gasteiger partial charge in [-0.2, -0.15) is 0 Å². The lowest BCUT2D eigenvalue weighted by Gasteiger charge is -2.34. The Kier molecular flexibility index (Phi) is 5.17. The molecule has 22 heavy (non-hydrogen) atoms. The quantitative estimate of drug-likeness (QED) is 0.768. The van der Waals surface area contributed by atoms with Crippen molar-refractivity contribution >= 4 is 15.9 Å². The van der Waals surface area contributed by atoms with E-state index in [1.54, 1.807) is 17.9 Å². The first kappa shape index (κ1) is 16.9. The molecule has 8 heteroatoms. The average Bonchev–Trinajstić information content (AvgIpc) is 2.47. The number of rotatable bonds is 4. The van der Waals surface area contributed by atoms with Crippen LogP contribution in [-0.4, -0.2) is 68.6 Å². The Hall–Kier alpha value is -1.48. The predicted octanol–water partition coefficient (Wildman–Crippen LogP) is -0.607. The fourth-order valence-corrected chi connectivity index (χ4v) is 3.03. The molecule has 0 aliphatic carbocycles. The van der Waals surface area contributed by atoms with Crippen LogP contribution in [0.4, 0.5) is 0 Å². The van der Waals surface area contributed by atoms with Crippen LogP contribution in [0.15, 0.2) is 23.1 Å². The molecule has 0 aromatic heterocycles. The van der Waals surface area contributed by atoms with Crippen LogP contribution in [0.1, 0.15) is 15.9 Å². The smallest absolute Gasteiger partial charge is 0.254 e. The zero-order chi connectivity index (χ0) is 16.3. The number of sulfonamides is 1. The number of amides is 1. The van der Waals surface area contributed by atoms with Gasteiger partial charge in [-0.05, 0) is 24.6 Å². The van der Waals surface area contributed by atoms with Crippen molar-refractivity contribution in [3.63, 3.8) is 0 Å². The summed E-state index contributed by atoms with van der Waals surface area (Å²) in [6.45, 7) is 4.96. The number of nitrogens with zero attached hydrogens (tertiary/aromatic N) is 2. The van der Waals surface area contributed by atoms with E-state index in [-0.39, 0.29) is 17.4 Å². The van der Waals surface area contributed by atoms with Crippen LogP contribution in [-0.2, 0) is 10.0 Å². The van der Waals surface area contributed by atoms with Gasteiger partial charge in [-0.15, -0.1) is 0 Å². The lowest BCUT2D eigenvalue weighted by atomic mass is 10.1. The molecule has 1 aliphatic heterocycles. The van der Waals surface area contributed by atoms with Crippen molar-refractivity contribution in [1.82, 2.24) is 9.80 Å². The standard InChI is InChI=1S/C14H21N3O4S/c1-11-2-3-12(22(15,20)21)10-13(11)14(19)17-6-4-16(5-7-17)8-9-18/h2-3,10,18H,4-9H2,1H3,(H2,15,20,21). The monoisotopic (exact) mass is 327 g/mol. The number of aryl methyl sites for hydroxylation is 1. The number of aliphatic hydroxyl groups is 1. The Morgan fingerprint density at radius 1 is 1.27 bits per heavy atom. The van der Waals surface area contributed by atoms with Crippen molar-refractivity contribution in [3.8, 4) is 0 Å². The number of β-amino-alcohol motifs (C(OH)–C–C–N with tert-alkyl or cyclic N) is 1. The summed E-state index contributed by atoms with van der Waals surface area (Å²) in [5.74, 6) is -0.188. The third-order valence-electron chi connectivity index (χ3n) is 3.84. The maximum Gasteiger partial charge on any atom is 0.254 e. The van der Waals surface area contributed by atoms with E-state index in [1.807, 2.05) is 0 Å². The van der Waals surface area contributed by atoms with Crippen LogP contribution < -0.4 is 5.14 Å². The van der Waals surface area contributed by atoms with E-state index in [0.29, 0.717) is 38.3 Å². The van der Waals surface area contributed by atoms with E-state index < -0.39 is 10.0 Å². The molecule has 0 bridgehead atoms. The van der Waals surface area contributed by atoms with Crippen LogP contribution in [0.3, 0.4) is 0 Å². The Labute approximate surface area is 130 Å². The maximum absolute atomic E-state index is 12.6. The Morgan fingerprint density at radius 2 is 1.91 bits per heavy atom. The van der Waals surface area contributed by atoms with Gasteiger partial charge in [0.25, 0.3) is 5.91 Å². The van der Waals surface area contributed by atoms with Gasteiger partial charge in [0, 0.05) is 38.3 Å². The zero-order valence-corrected chi connectivity index (χ0v) is 13.3. The van der Waals surface area contributed by atoms with Gasteiger partial charge >= 0.3 is 0 Å². The molecule has 1 heterocycles. The van der Waals surface area contributed by atoms with Gasteiger partial charge < -0.3 is 10.0 Å². The van der Waals surface area contributed by atoms with Crippen LogP contribution in [0.25, 0.3) is 0 Å². The minimum atomic E-state index is -3.83. The molecule has 1 amide bonds. The molecule has 1 saturated heterocycles. The van der Waals surface area contributed by atoms with Crippen molar-refractivity contribution < 1.29 is 18.3 Å². The van der Waals surface area contributed by atoms with E-state index in [9.17, 15) is 13.2 Å². The van der Waals surface area contributed by atoms with Gasteiger partial charge in [-0.25, -0.2) is 13.6 Å². The second-order valence-corrected chi connectivity index (χ2v) is 6.94. The number of carbonyl (C=O) groups excluding carboxylic acids is 1. The number of carbonyl (C=O) groups is 1. The first-order valence-electron chi connectivity index (χ1n) is 7.09. The SMILES string of the molecule is Cc1ccc(S(N)(=O)=O)cc1C(=O)N1CCN(CCO)CC1. The molecule has 0 atom stereocenters. The number of hydrogen-bond donors (Lipinski definition) is 2. The lowest BCUT2D eigenvalue weighted by molar-refractivity contribution is 0.0614. The summed E-state index contributed by atoms with van der Waals surface area (Å²) in [5.41, 5.74) is 1.08. The normalized spacial score (nSPS) is 16.8. The minimum absolute atomic E-state index is 0.0552. The van der Waals surface area contributed by atoms with Gasteiger partial charge in [-0.3, -0.25) is 9.69 Å². The van der Waals surface area contributed by atoms with Crippen LogP contribution in [0.2, 0.25) is 0 Å². The highest BCUT2D eigenvalue weighted by atomic mass is 32.2. The van der Waals surface area contributed by atoms with Gasteiger partial charge in [0.05, 0.1) is 11.5 Å². The second-order valence-electron chi connectivity index (χ2n) is 5.38. The summed E-state index contributed by atoms with van der Waals surface area (Å²) in [4.78, 5) is 16.3. The number of primary sulfonamides is 1. The molecule has 1 fully saturated rings. The second kappa shape index (κ2) is 6.74. The number of hydrogen-bond acceptors (Lipinski definition) is 5. The Morgan fingerprint density at radius 3 is 2.45 bits per heavy atom. The Balaban J connectivity index is 2.17. The van der Waals surface area contributed by atoms with Gasteiger partial charge in [-0.1, -0.05) is 6.07 Å². The molecular weight excluding hydrogens is 306 g/mol. The Bertz CT molecular complexity index is 652. The van der Waals surface area contributed by atoms with Gasteiger partial charge in [0.15, 0.2) is 0 Å². The summed E-state index contributed by atoms with van der Waals surface area (Å²) >= 11 is 0. The van der Waals surface area contributed by atoms with Crippen molar-refractivity contribution in [2.45, 2.75) is 11.8 Å². The van der Waals surface area contributed by atoms with Crippen LogP contribution in [0, 0.1) is 6.92 Å². The third kappa shape index (κ3) is 3.83. The molecule has 0 spiro atoms. The third-order valence-corrected chi connectivity index (χ3v) is 4.75. The fourth-order valence-electron chi connectivity index (χ4n) is 2.49. The molecule has 122 valence electrons. The van der Waals surface area contributed by atoms with Crippen LogP contribution >= 0.6 is 0 Å². The number of piperazine rings is 1. The van der Waals surface area contributed by atoms with Gasteiger partial charge in [0.2, 0.25) is 10.0 Å². The van der Waals surface area contributed by atoms with E-state index in [2.05, 4.69) is 4.90 Å². The predicted molar refractivity (Wildman–Crippen MR) is 82.0 cm³/mol. The average molecular weight is 327 g/mol. The largest absolute Gasteiger partial charge is 0.395 e. The molecule has 2 rings (SSSR count).